The van der Waals surface area contributed by atoms with Crippen LogP contribution < -0.4 is 4.72 Å². The lowest BCUT2D eigenvalue weighted by atomic mass is 10.1. The van der Waals surface area contributed by atoms with E-state index in [1.807, 2.05) is 0 Å². The first-order chi connectivity index (χ1) is 9.49. The van der Waals surface area contributed by atoms with Gasteiger partial charge in [0, 0.05) is 0 Å². The molecule has 0 heterocycles. The highest BCUT2D eigenvalue weighted by atomic mass is 32.2. The molecule has 2 N–H and O–H groups in total. The van der Waals surface area contributed by atoms with Crippen molar-refractivity contribution < 1.29 is 31.5 Å². The number of carboxylic acid groups (broad SMARTS) is 1. The van der Waals surface area contributed by atoms with Crippen LogP contribution in [0.25, 0.3) is 0 Å². The van der Waals surface area contributed by atoms with Gasteiger partial charge in [-0.1, -0.05) is 0 Å². The highest BCUT2D eigenvalue weighted by Gasteiger charge is 2.35. The first-order valence-corrected chi connectivity index (χ1v) is 6.84. The Kier molecular flexibility index (Phi) is 4.60. The van der Waals surface area contributed by atoms with E-state index in [1.165, 1.54) is 6.07 Å². The lowest BCUT2D eigenvalue weighted by Gasteiger charge is -2.13. The van der Waals surface area contributed by atoms with Gasteiger partial charge < -0.3 is 5.11 Å². The largest absolute Gasteiger partial charge is 0.480 e. The maximum Gasteiger partial charge on any atom is 0.417 e. The van der Waals surface area contributed by atoms with E-state index in [0.29, 0.717) is 6.07 Å². The molecule has 0 amide bonds. The molecule has 114 valence electrons. The highest BCUT2D eigenvalue weighted by molar-refractivity contribution is 7.89. The fourth-order valence-corrected chi connectivity index (χ4v) is 2.60. The van der Waals surface area contributed by atoms with Crippen molar-refractivity contribution in [2.75, 3.05) is 0 Å². The van der Waals surface area contributed by atoms with E-state index in [9.17, 15) is 26.4 Å². The molecule has 0 spiro atoms. The second-order valence-corrected chi connectivity index (χ2v) is 5.71. The third-order valence-corrected chi connectivity index (χ3v) is 3.97. The SMILES string of the molecule is C[C@@H](NS(=O)(=O)c1ccc(C#N)c(C(F)(F)F)c1)C(=O)O. The van der Waals surface area contributed by atoms with Gasteiger partial charge in [-0.25, -0.2) is 8.42 Å². The van der Waals surface area contributed by atoms with Gasteiger partial charge in [0.25, 0.3) is 0 Å². The van der Waals surface area contributed by atoms with Gasteiger partial charge in [0.05, 0.1) is 22.1 Å². The van der Waals surface area contributed by atoms with Gasteiger partial charge in [-0.2, -0.15) is 23.2 Å². The summed E-state index contributed by atoms with van der Waals surface area (Å²) in [6.07, 6.45) is -4.91. The number of alkyl halides is 3. The summed E-state index contributed by atoms with van der Waals surface area (Å²) in [4.78, 5) is 9.81. The van der Waals surface area contributed by atoms with Gasteiger partial charge in [0.1, 0.15) is 6.04 Å². The van der Waals surface area contributed by atoms with Crippen molar-refractivity contribution in [3.05, 3.63) is 29.3 Å². The number of hydrogen-bond donors (Lipinski definition) is 2. The Labute approximate surface area is 117 Å². The Hall–Kier alpha value is -2.12. The number of rotatable bonds is 4. The summed E-state index contributed by atoms with van der Waals surface area (Å²) < 4.78 is 63.5. The molecule has 0 radical (unpaired) electrons. The fourth-order valence-electron chi connectivity index (χ4n) is 1.37. The summed E-state index contributed by atoms with van der Waals surface area (Å²) in [5, 5.41) is 17.2. The second kappa shape index (κ2) is 5.71. The molecule has 0 saturated heterocycles. The third kappa shape index (κ3) is 3.93. The topological polar surface area (TPSA) is 107 Å². The number of halogens is 3. The number of hydrogen-bond acceptors (Lipinski definition) is 4. The van der Waals surface area contributed by atoms with Crippen LogP contribution in [0.2, 0.25) is 0 Å². The molecular formula is C11H9F3N2O4S. The van der Waals surface area contributed by atoms with Gasteiger partial charge in [0.15, 0.2) is 0 Å². The summed E-state index contributed by atoms with van der Waals surface area (Å²) >= 11 is 0. The summed E-state index contributed by atoms with van der Waals surface area (Å²) in [6.45, 7) is 1.02. The fraction of sp³-hybridized carbons (Fsp3) is 0.273. The predicted molar refractivity (Wildman–Crippen MR) is 63.6 cm³/mol. The average molecular weight is 322 g/mol. The predicted octanol–water partition coefficient (Wildman–Crippen LogP) is 1.33. The van der Waals surface area contributed by atoms with Crippen LogP contribution in [-0.2, 0) is 21.0 Å². The molecule has 0 unspecified atom stereocenters. The van der Waals surface area contributed by atoms with E-state index in [0.717, 1.165) is 13.0 Å². The second-order valence-electron chi connectivity index (χ2n) is 4.00. The first kappa shape index (κ1) is 16.9. The standard InChI is InChI=1S/C11H9F3N2O4S/c1-6(10(17)18)16-21(19,20)8-3-2-7(5-15)9(4-8)11(12,13)14/h2-4,6,16H,1H3,(H,17,18)/t6-/m1/s1. The Morgan fingerprint density at radius 3 is 2.43 bits per heavy atom. The molecule has 6 nitrogen and oxygen atoms in total. The van der Waals surface area contributed by atoms with Gasteiger partial charge >= 0.3 is 12.1 Å². The van der Waals surface area contributed by atoms with Crippen LogP contribution in [0.4, 0.5) is 13.2 Å². The van der Waals surface area contributed by atoms with Crippen LogP contribution in [0.5, 0.6) is 0 Å². The van der Waals surface area contributed by atoms with E-state index >= 15 is 0 Å². The van der Waals surface area contributed by atoms with Crippen molar-refractivity contribution in [2.45, 2.75) is 24.0 Å². The number of aliphatic carboxylic acids is 1. The summed E-state index contributed by atoms with van der Waals surface area (Å²) in [5.74, 6) is -1.48. The summed E-state index contributed by atoms with van der Waals surface area (Å²) in [7, 11) is -4.45. The summed E-state index contributed by atoms with van der Waals surface area (Å²) in [5.41, 5.74) is -2.14. The third-order valence-electron chi connectivity index (χ3n) is 2.43. The zero-order chi connectivity index (χ0) is 16.4. The van der Waals surface area contributed by atoms with Crippen LogP contribution >= 0.6 is 0 Å². The maximum absolute atomic E-state index is 12.7. The highest BCUT2D eigenvalue weighted by Crippen LogP contribution is 2.33. The molecule has 0 aromatic heterocycles. The van der Waals surface area contributed by atoms with Crippen molar-refractivity contribution in [1.29, 1.82) is 5.26 Å². The Morgan fingerprint density at radius 1 is 1.43 bits per heavy atom. The number of nitrogens with one attached hydrogen (secondary N) is 1. The molecule has 0 aliphatic carbocycles. The number of carbonyl (C=O) groups is 1. The normalized spacial score (nSPS) is 13.5. The zero-order valence-electron chi connectivity index (χ0n) is 10.5. The van der Waals surface area contributed by atoms with E-state index < -0.39 is 44.2 Å². The minimum absolute atomic E-state index is 0.287. The smallest absolute Gasteiger partial charge is 0.417 e. The molecular weight excluding hydrogens is 313 g/mol. The van der Waals surface area contributed by atoms with E-state index in [1.54, 1.807) is 4.72 Å². The molecule has 0 aliphatic heterocycles. The molecule has 1 aromatic rings. The number of benzene rings is 1. The number of sulfonamides is 1. The molecule has 1 aromatic carbocycles. The van der Waals surface area contributed by atoms with Crippen LogP contribution in [0.1, 0.15) is 18.1 Å². The quantitative estimate of drug-likeness (QED) is 0.869. The number of carboxylic acids is 1. The molecule has 1 atom stereocenters. The molecule has 0 saturated carbocycles. The van der Waals surface area contributed by atoms with Crippen LogP contribution in [0, 0.1) is 11.3 Å². The lowest BCUT2D eigenvalue weighted by molar-refractivity contribution is -0.139. The maximum atomic E-state index is 12.7. The van der Waals surface area contributed by atoms with Crippen molar-refractivity contribution in [1.82, 2.24) is 4.72 Å². The van der Waals surface area contributed by atoms with Gasteiger partial charge in [-0.3, -0.25) is 4.79 Å². The van der Waals surface area contributed by atoms with Crippen molar-refractivity contribution in [3.8, 4) is 6.07 Å². The van der Waals surface area contributed by atoms with E-state index in [2.05, 4.69) is 0 Å². The summed E-state index contributed by atoms with van der Waals surface area (Å²) in [6, 6.07) is 1.59. The van der Waals surface area contributed by atoms with Crippen LogP contribution in [0.3, 0.4) is 0 Å². The molecule has 21 heavy (non-hydrogen) atoms. The molecule has 0 bridgehead atoms. The lowest BCUT2D eigenvalue weighted by Crippen LogP contribution is -2.38. The Bertz CT molecular complexity index is 707. The van der Waals surface area contributed by atoms with E-state index in [-0.39, 0.29) is 6.07 Å². The van der Waals surface area contributed by atoms with Gasteiger partial charge in [-0.05, 0) is 25.1 Å². The Morgan fingerprint density at radius 2 is 2.00 bits per heavy atom. The molecule has 0 aliphatic rings. The van der Waals surface area contributed by atoms with Crippen molar-refractivity contribution in [3.63, 3.8) is 0 Å². The minimum atomic E-state index is -4.91. The minimum Gasteiger partial charge on any atom is -0.480 e. The number of nitriles is 1. The number of nitrogens with zero attached hydrogens (tertiary/aromatic N) is 1. The molecule has 1 rings (SSSR count). The van der Waals surface area contributed by atoms with Crippen molar-refractivity contribution in [2.24, 2.45) is 0 Å². The van der Waals surface area contributed by atoms with Crippen molar-refractivity contribution >= 4 is 16.0 Å². The van der Waals surface area contributed by atoms with Crippen LogP contribution in [-0.4, -0.2) is 25.5 Å². The van der Waals surface area contributed by atoms with Crippen LogP contribution in [0.15, 0.2) is 23.1 Å². The Balaban J connectivity index is 3.33. The molecule has 10 heteroatoms. The first-order valence-electron chi connectivity index (χ1n) is 5.35. The molecule has 0 fully saturated rings. The van der Waals surface area contributed by atoms with Gasteiger partial charge in [0.2, 0.25) is 10.0 Å². The average Bonchev–Trinajstić information content (AvgIpc) is 2.36. The zero-order valence-corrected chi connectivity index (χ0v) is 11.3. The van der Waals surface area contributed by atoms with E-state index in [4.69, 9.17) is 10.4 Å². The van der Waals surface area contributed by atoms with Gasteiger partial charge in [-0.15, -0.1) is 0 Å². The monoisotopic (exact) mass is 322 g/mol.